The first kappa shape index (κ1) is 12.1. The van der Waals surface area contributed by atoms with E-state index in [1.807, 2.05) is 24.3 Å². The van der Waals surface area contributed by atoms with Gasteiger partial charge in [0, 0.05) is 15.9 Å². The molecule has 3 rings (SSSR count). The summed E-state index contributed by atoms with van der Waals surface area (Å²) in [6.45, 7) is 0. The van der Waals surface area contributed by atoms with Gasteiger partial charge in [-0.25, -0.2) is 13.1 Å². The molecule has 0 atom stereocenters. The van der Waals surface area contributed by atoms with Crippen LogP contribution in [0.5, 0.6) is 0 Å². The van der Waals surface area contributed by atoms with Crippen LogP contribution in [0.4, 0.5) is 0 Å². The Morgan fingerprint density at radius 2 is 1.72 bits per heavy atom. The van der Waals surface area contributed by atoms with Crippen LogP contribution < -0.4 is 4.72 Å². The summed E-state index contributed by atoms with van der Waals surface area (Å²) in [5, 5.41) is 1.66. The minimum Gasteiger partial charge on any atom is -0.208 e. The molecule has 18 heavy (non-hydrogen) atoms. The van der Waals surface area contributed by atoms with E-state index in [0.717, 1.165) is 28.1 Å². The first-order valence-corrected chi connectivity index (χ1v) is 8.05. The predicted octanol–water partition coefficient (Wildman–Crippen LogP) is 3.04. The topological polar surface area (TPSA) is 46.2 Å². The van der Waals surface area contributed by atoms with E-state index in [1.165, 1.54) is 0 Å². The lowest BCUT2D eigenvalue weighted by Crippen LogP contribution is -2.25. The number of hydrogen-bond acceptors (Lipinski definition) is 2. The first-order valence-electron chi connectivity index (χ1n) is 5.77. The van der Waals surface area contributed by atoms with Crippen LogP contribution in [0.25, 0.3) is 10.8 Å². The highest BCUT2D eigenvalue weighted by Crippen LogP contribution is 2.30. The summed E-state index contributed by atoms with van der Waals surface area (Å²) in [5.74, 6) is 0. The van der Waals surface area contributed by atoms with Gasteiger partial charge in [-0.1, -0.05) is 40.2 Å². The lowest BCUT2D eigenvalue weighted by molar-refractivity contribution is 0.582. The molecule has 2 aromatic carbocycles. The maximum atomic E-state index is 12.3. The minimum atomic E-state index is -3.41. The van der Waals surface area contributed by atoms with Crippen molar-refractivity contribution in [1.82, 2.24) is 4.72 Å². The molecule has 1 aliphatic rings. The van der Waals surface area contributed by atoms with E-state index in [4.69, 9.17) is 0 Å². The standard InChI is InChI=1S/C13H12BrNO2S/c14-12-5-1-4-11-10(12)3-2-6-13(11)18(16,17)15-9-7-8-9/h1-6,9,15H,7-8H2. The van der Waals surface area contributed by atoms with Crippen LogP contribution in [0, 0.1) is 0 Å². The Labute approximate surface area is 114 Å². The van der Waals surface area contributed by atoms with Crippen LogP contribution >= 0.6 is 15.9 Å². The molecule has 3 nitrogen and oxygen atoms in total. The van der Waals surface area contributed by atoms with Gasteiger partial charge < -0.3 is 0 Å². The summed E-state index contributed by atoms with van der Waals surface area (Å²) in [6.07, 6.45) is 1.88. The Balaban J connectivity index is 2.19. The molecule has 5 heteroatoms. The average Bonchev–Trinajstić information content (AvgIpc) is 3.12. The van der Waals surface area contributed by atoms with Gasteiger partial charge in [0.1, 0.15) is 0 Å². The third-order valence-electron chi connectivity index (χ3n) is 3.02. The van der Waals surface area contributed by atoms with Gasteiger partial charge in [0.15, 0.2) is 0 Å². The van der Waals surface area contributed by atoms with Crippen molar-refractivity contribution in [1.29, 1.82) is 0 Å². The maximum Gasteiger partial charge on any atom is 0.241 e. The molecule has 0 aromatic heterocycles. The molecule has 1 N–H and O–H groups in total. The molecule has 2 aromatic rings. The van der Waals surface area contributed by atoms with Crippen LogP contribution in [-0.4, -0.2) is 14.5 Å². The van der Waals surface area contributed by atoms with Gasteiger partial charge in [0.2, 0.25) is 10.0 Å². The molecule has 1 saturated carbocycles. The summed E-state index contributed by atoms with van der Waals surface area (Å²) in [7, 11) is -3.41. The molecule has 94 valence electrons. The largest absolute Gasteiger partial charge is 0.241 e. The second-order valence-corrected chi connectivity index (χ2v) is 7.02. The summed E-state index contributed by atoms with van der Waals surface area (Å²) >= 11 is 3.45. The molecule has 0 radical (unpaired) electrons. The summed E-state index contributed by atoms with van der Waals surface area (Å²) < 4.78 is 28.2. The molecule has 0 bridgehead atoms. The van der Waals surface area contributed by atoms with Gasteiger partial charge in [0.05, 0.1) is 4.90 Å². The smallest absolute Gasteiger partial charge is 0.208 e. The zero-order chi connectivity index (χ0) is 12.8. The van der Waals surface area contributed by atoms with Crippen molar-refractivity contribution in [2.45, 2.75) is 23.8 Å². The third kappa shape index (κ3) is 2.18. The Kier molecular flexibility index (Phi) is 2.92. The molecule has 0 spiro atoms. The van der Waals surface area contributed by atoms with Crippen molar-refractivity contribution >= 4 is 36.7 Å². The fraction of sp³-hybridized carbons (Fsp3) is 0.231. The molecule has 0 heterocycles. The second kappa shape index (κ2) is 4.33. The maximum absolute atomic E-state index is 12.3. The number of hydrogen-bond donors (Lipinski definition) is 1. The van der Waals surface area contributed by atoms with E-state index in [1.54, 1.807) is 12.1 Å². The summed E-state index contributed by atoms with van der Waals surface area (Å²) in [6, 6.07) is 11.1. The predicted molar refractivity (Wildman–Crippen MR) is 75.0 cm³/mol. The number of sulfonamides is 1. The van der Waals surface area contributed by atoms with Crippen LogP contribution in [-0.2, 0) is 10.0 Å². The van der Waals surface area contributed by atoms with Gasteiger partial charge in [-0.05, 0) is 30.4 Å². The lowest BCUT2D eigenvalue weighted by Gasteiger charge is -2.09. The second-order valence-electron chi connectivity index (χ2n) is 4.49. The number of rotatable bonds is 3. The Bertz CT molecular complexity index is 708. The van der Waals surface area contributed by atoms with Gasteiger partial charge in [-0.2, -0.15) is 0 Å². The Morgan fingerprint density at radius 3 is 2.44 bits per heavy atom. The van der Waals surface area contributed by atoms with Gasteiger partial charge in [0.25, 0.3) is 0 Å². The fourth-order valence-electron chi connectivity index (χ4n) is 1.96. The first-order chi connectivity index (χ1) is 8.58. The minimum absolute atomic E-state index is 0.123. The monoisotopic (exact) mass is 325 g/mol. The molecule has 0 aliphatic heterocycles. The molecule has 0 unspecified atom stereocenters. The number of halogens is 1. The van der Waals surface area contributed by atoms with Gasteiger partial charge in [-0.15, -0.1) is 0 Å². The highest BCUT2D eigenvalue weighted by molar-refractivity contribution is 9.10. The Hall–Kier alpha value is -0.910. The van der Waals surface area contributed by atoms with E-state index in [9.17, 15) is 8.42 Å². The molecule has 0 amide bonds. The van der Waals surface area contributed by atoms with Crippen molar-refractivity contribution in [2.75, 3.05) is 0 Å². The van der Waals surface area contributed by atoms with Crippen LogP contribution in [0.15, 0.2) is 45.8 Å². The van der Waals surface area contributed by atoms with Crippen molar-refractivity contribution in [2.24, 2.45) is 0 Å². The van der Waals surface area contributed by atoms with Crippen molar-refractivity contribution in [3.8, 4) is 0 Å². The third-order valence-corrected chi connectivity index (χ3v) is 5.29. The summed E-state index contributed by atoms with van der Waals surface area (Å²) in [5.41, 5.74) is 0. The molecular formula is C13H12BrNO2S. The van der Waals surface area contributed by atoms with E-state index in [2.05, 4.69) is 20.7 Å². The van der Waals surface area contributed by atoms with Crippen LogP contribution in [0.2, 0.25) is 0 Å². The number of benzene rings is 2. The molecule has 1 fully saturated rings. The van der Waals surface area contributed by atoms with Gasteiger partial charge >= 0.3 is 0 Å². The van der Waals surface area contributed by atoms with Crippen molar-refractivity contribution < 1.29 is 8.42 Å². The zero-order valence-corrected chi connectivity index (χ0v) is 12.0. The molecule has 0 saturated heterocycles. The lowest BCUT2D eigenvalue weighted by atomic mass is 10.1. The number of fused-ring (bicyclic) bond motifs is 1. The Morgan fingerprint density at radius 1 is 1.06 bits per heavy atom. The van der Waals surface area contributed by atoms with Gasteiger partial charge in [-0.3, -0.25) is 0 Å². The van der Waals surface area contributed by atoms with Crippen LogP contribution in [0.1, 0.15) is 12.8 Å². The van der Waals surface area contributed by atoms with E-state index in [-0.39, 0.29) is 6.04 Å². The summed E-state index contributed by atoms with van der Waals surface area (Å²) in [4.78, 5) is 0.355. The highest BCUT2D eigenvalue weighted by atomic mass is 79.9. The van der Waals surface area contributed by atoms with Crippen molar-refractivity contribution in [3.05, 3.63) is 40.9 Å². The fourth-order valence-corrected chi connectivity index (χ4v) is 3.99. The van der Waals surface area contributed by atoms with E-state index < -0.39 is 10.0 Å². The molecular weight excluding hydrogens is 314 g/mol. The van der Waals surface area contributed by atoms with E-state index in [0.29, 0.717) is 4.90 Å². The SMILES string of the molecule is O=S(=O)(NC1CC1)c1cccc2c(Br)cccc12. The van der Waals surface area contributed by atoms with Crippen molar-refractivity contribution in [3.63, 3.8) is 0 Å². The highest BCUT2D eigenvalue weighted by Gasteiger charge is 2.28. The van der Waals surface area contributed by atoms with E-state index >= 15 is 0 Å². The quantitative estimate of drug-likeness (QED) is 0.942. The molecule has 1 aliphatic carbocycles. The zero-order valence-electron chi connectivity index (χ0n) is 9.56. The van der Waals surface area contributed by atoms with Crippen LogP contribution in [0.3, 0.4) is 0 Å². The average molecular weight is 326 g/mol. The number of nitrogens with one attached hydrogen (secondary N) is 1. The normalized spacial score (nSPS) is 16.1.